The molecule has 1 aromatic rings. The highest BCUT2D eigenvalue weighted by atomic mass is 32.2. The van der Waals surface area contributed by atoms with Crippen LogP contribution in [0.5, 0.6) is 0 Å². The third-order valence-electron chi connectivity index (χ3n) is 4.50. The predicted octanol–water partition coefficient (Wildman–Crippen LogP) is 2.18. The summed E-state index contributed by atoms with van der Waals surface area (Å²) >= 11 is 0. The Morgan fingerprint density at radius 1 is 1.32 bits per heavy atom. The minimum Gasteiger partial charge on any atom is -0.324 e. The second kappa shape index (κ2) is 8.25. The van der Waals surface area contributed by atoms with Crippen LogP contribution in [0.3, 0.4) is 0 Å². The molecule has 0 saturated carbocycles. The van der Waals surface area contributed by atoms with Crippen molar-refractivity contribution in [3.8, 4) is 0 Å². The average molecular weight is 371 g/mol. The van der Waals surface area contributed by atoms with Crippen molar-refractivity contribution in [3.63, 3.8) is 0 Å². The number of hydrogen-bond donors (Lipinski definition) is 2. The molecule has 1 fully saturated rings. The highest BCUT2D eigenvalue weighted by Gasteiger charge is 2.23. The van der Waals surface area contributed by atoms with E-state index in [9.17, 15) is 17.6 Å². The van der Waals surface area contributed by atoms with Crippen molar-refractivity contribution < 1.29 is 17.6 Å². The fourth-order valence-corrected chi connectivity index (χ4v) is 4.07. The lowest BCUT2D eigenvalue weighted by molar-refractivity contribution is -0.114. The van der Waals surface area contributed by atoms with Gasteiger partial charge in [0, 0.05) is 19.5 Å². The minimum absolute atomic E-state index is 0.0347. The first kappa shape index (κ1) is 19.8. The lowest BCUT2D eigenvalue weighted by atomic mass is 9.96. The molecule has 0 spiro atoms. The Labute approximate surface area is 148 Å². The van der Waals surface area contributed by atoms with Gasteiger partial charge in [0.15, 0.2) is 0 Å². The van der Waals surface area contributed by atoms with Crippen molar-refractivity contribution in [2.75, 3.05) is 25.0 Å². The van der Waals surface area contributed by atoms with Gasteiger partial charge in [0.05, 0.1) is 10.6 Å². The van der Waals surface area contributed by atoms with E-state index in [1.54, 1.807) is 0 Å². The van der Waals surface area contributed by atoms with E-state index >= 15 is 0 Å². The van der Waals surface area contributed by atoms with Crippen molar-refractivity contribution in [1.29, 1.82) is 0 Å². The van der Waals surface area contributed by atoms with E-state index < -0.39 is 21.7 Å². The molecule has 1 amide bonds. The van der Waals surface area contributed by atoms with Crippen LogP contribution in [0.25, 0.3) is 0 Å². The van der Waals surface area contributed by atoms with Gasteiger partial charge in [0.25, 0.3) is 0 Å². The zero-order valence-electron chi connectivity index (χ0n) is 14.9. The van der Waals surface area contributed by atoms with Crippen molar-refractivity contribution in [3.05, 3.63) is 24.0 Å². The molecule has 140 valence electrons. The van der Waals surface area contributed by atoms with Crippen LogP contribution in [-0.4, -0.2) is 44.9 Å². The van der Waals surface area contributed by atoms with Crippen LogP contribution in [0.2, 0.25) is 0 Å². The smallest absolute Gasteiger partial charge is 0.240 e. The van der Waals surface area contributed by atoms with Crippen molar-refractivity contribution in [2.45, 2.75) is 44.6 Å². The Bertz CT molecular complexity index is 714. The number of halogens is 1. The molecule has 0 aromatic heterocycles. The Morgan fingerprint density at radius 3 is 2.48 bits per heavy atom. The van der Waals surface area contributed by atoms with E-state index in [1.165, 1.54) is 19.1 Å². The SMILES string of the molecule is CC(=O)Nc1ccc(S(=O)(=O)NCC2CCN(C(C)C)CC2)cc1F. The number of carbonyl (C=O) groups excluding carboxylic acids is 1. The number of benzene rings is 1. The number of sulfonamides is 1. The highest BCUT2D eigenvalue weighted by Crippen LogP contribution is 2.21. The first-order chi connectivity index (χ1) is 11.7. The zero-order chi connectivity index (χ0) is 18.6. The summed E-state index contributed by atoms with van der Waals surface area (Å²) in [7, 11) is -3.77. The standard InChI is InChI=1S/C17H26FN3O3S/c1-12(2)21-8-6-14(7-9-21)11-19-25(23,24)15-4-5-17(16(18)10-15)20-13(3)22/h4-5,10,12,14,19H,6-9,11H2,1-3H3,(H,20,22). The summed E-state index contributed by atoms with van der Waals surface area (Å²) in [5, 5.41) is 2.31. The van der Waals surface area contributed by atoms with Gasteiger partial charge < -0.3 is 10.2 Å². The molecular weight excluding hydrogens is 345 g/mol. The fourth-order valence-electron chi connectivity index (χ4n) is 2.94. The molecule has 0 aliphatic carbocycles. The topological polar surface area (TPSA) is 78.5 Å². The summed E-state index contributed by atoms with van der Waals surface area (Å²) in [4.78, 5) is 13.2. The number of nitrogens with one attached hydrogen (secondary N) is 2. The molecule has 25 heavy (non-hydrogen) atoms. The fraction of sp³-hybridized carbons (Fsp3) is 0.588. The van der Waals surface area contributed by atoms with Crippen LogP contribution in [0.4, 0.5) is 10.1 Å². The molecule has 0 bridgehead atoms. The van der Waals surface area contributed by atoms with Crippen LogP contribution in [0.1, 0.15) is 33.6 Å². The third-order valence-corrected chi connectivity index (χ3v) is 5.92. The second-order valence-electron chi connectivity index (χ2n) is 6.75. The Morgan fingerprint density at radius 2 is 1.96 bits per heavy atom. The molecule has 1 saturated heterocycles. The quantitative estimate of drug-likeness (QED) is 0.803. The molecule has 6 nitrogen and oxygen atoms in total. The largest absolute Gasteiger partial charge is 0.324 e. The Balaban J connectivity index is 1.96. The molecule has 1 aliphatic rings. The van der Waals surface area contributed by atoms with Gasteiger partial charge in [0.1, 0.15) is 5.82 Å². The summed E-state index contributed by atoms with van der Waals surface area (Å²) in [5.74, 6) is -0.906. The van der Waals surface area contributed by atoms with Crippen molar-refractivity contribution in [1.82, 2.24) is 9.62 Å². The van der Waals surface area contributed by atoms with E-state index in [-0.39, 0.29) is 16.5 Å². The maximum Gasteiger partial charge on any atom is 0.240 e. The predicted molar refractivity (Wildman–Crippen MR) is 95.3 cm³/mol. The maximum atomic E-state index is 13.9. The second-order valence-corrected chi connectivity index (χ2v) is 8.51. The number of hydrogen-bond acceptors (Lipinski definition) is 4. The van der Waals surface area contributed by atoms with Crippen molar-refractivity contribution in [2.24, 2.45) is 5.92 Å². The minimum atomic E-state index is -3.77. The third kappa shape index (κ3) is 5.49. The van der Waals surface area contributed by atoms with E-state index in [4.69, 9.17) is 0 Å². The number of carbonyl (C=O) groups is 1. The van der Waals surface area contributed by atoms with Gasteiger partial charge >= 0.3 is 0 Å². The number of amides is 1. The summed E-state index contributed by atoms with van der Waals surface area (Å²) in [6.45, 7) is 7.85. The molecule has 8 heteroatoms. The van der Waals surface area contributed by atoms with Crippen LogP contribution in [0.15, 0.2) is 23.1 Å². The number of likely N-dealkylation sites (tertiary alicyclic amines) is 1. The molecule has 1 aliphatic heterocycles. The maximum absolute atomic E-state index is 13.9. The lowest BCUT2D eigenvalue weighted by Gasteiger charge is -2.34. The summed E-state index contributed by atoms with van der Waals surface area (Å²) < 4.78 is 41.2. The van der Waals surface area contributed by atoms with E-state index in [0.717, 1.165) is 32.0 Å². The summed E-state index contributed by atoms with van der Waals surface area (Å²) in [6.07, 6.45) is 1.88. The van der Waals surface area contributed by atoms with Crippen LogP contribution < -0.4 is 10.0 Å². The van der Waals surface area contributed by atoms with Crippen molar-refractivity contribution >= 4 is 21.6 Å². The number of rotatable bonds is 6. The molecule has 0 radical (unpaired) electrons. The Kier molecular flexibility index (Phi) is 6.53. The van der Waals surface area contributed by atoms with Crippen LogP contribution in [0, 0.1) is 11.7 Å². The molecule has 1 aromatic carbocycles. The van der Waals surface area contributed by atoms with E-state index in [0.29, 0.717) is 12.6 Å². The molecule has 0 unspecified atom stereocenters. The first-order valence-electron chi connectivity index (χ1n) is 8.50. The Hall–Kier alpha value is -1.51. The van der Waals surface area contributed by atoms with E-state index in [2.05, 4.69) is 28.8 Å². The van der Waals surface area contributed by atoms with Crippen LogP contribution in [-0.2, 0) is 14.8 Å². The molecule has 1 heterocycles. The number of anilines is 1. The summed E-state index contributed by atoms with van der Waals surface area (Å²) in [5.41, 5.74) is -0.0347. The van der Waals surface area contributed by atoms with Gasteiger partial charge in [0.2, 0.25) is 15.9 Å². The summed E-state index contributed by atoms with van der Waals surface area (Å²) in [6, 6.07) is 3.97. The molecular formula is C17H26FN3O3S. The lowest BCUT2D eigenvalue weighted by Crippen LogP contribution is -2.41. The first-order valence-corrected chi connectivity index (χ1v) is 9.98. The van der Waals surface area contributed by atoms with Gasteiger partial charge in [-0.05, 0) is 63.9 Å². The highest BCUT2D eigenvalue weighted by molar-refractivity contribution is 7.89. The molecule has 2 N–H and O–H groups in total. The molecule has 0 atom stereocenters. The van der Waals surface area contributed by atoms with Gasteiger partial charge in [-0.3, -0.25) is 4.79 Å². The number of nitrogens with zero attached hydrogens (tertiary/aromatic N) is 1. The van der Waals surface area contributed by atoms with Gasteiger partial charge in [-0.15, -0.1) is 0 Å². The van der Waals surface area contributed by atoms with Gasteiger partial charge in [-0.2, -0.15) is 0 Å². The number of piperidine rings is 1. The van der Waals surface area contributed by atoms with Gasteiger partial charge in [-0.25, -0.2) is 17.5 Å². The van der Waals surface area contributed by atoms with E-state index in [1.807, 2.05) is 0 Å². The zero-order valence-corrected chi connectivity index (χ0v) is 15.7. The monoisotopic (exact) mass is 371 g/mol. The average Bonchev–Trinajstić information content (AvgIpc) is 2.55. The van der Waals surface area contributed by atoms with Gasteiger partial charge in [-0.1, -0.05) is 0 Å². The van der Waals surface area contributed by atoms with Crippen LogP contribution >= 0.6 is 0 Å². The normalized spacial score (nSPS) is 17.0. The molecule has 2 rings (SSSR count).